The van der Waals surface area contributed by atoms with E-state index in [1.807, 2.05) is 0 Å². The summed E-state index contributed by atoms with van der Waals surface area (Å²) in [5, 5.41) is 3.41. The summed E-state index contributed by atoms with van der Waals surface area (Å²) < 4.78 is 42.1. The van der Waals surface area contributed by atoms with Crippen LogP contribution in [-0.4, -0.2) is 28.0 Å². The lowest BCUT2D eigenvalue weighted by Crippen LogP contribution is -2.28. The number of aromatic nitrogens is 2. The Morgan fingerprint density at radius 1 is 1.41 bits per heavy atom. The molecule has 2 rings (SSSR count). The van der Waals surface area contributed by atoms with Gasteiger partial charge in [-0.25, -0.2) is 4.79 Å². The van der Waals surface area contributed by atoms with Crippen molar-refractivity contribution in [1.82, 2.24) is 15.0 Å². The maximum atomic E-state index is 12.6. The average molecular weight is 315 g/mol. The number of hydrogen-bond acceptors (Lipinski definition) is 4. The first-order chi connectivity index (χ1) is 10.3. The first-order valence-corrected chi connectivity index (χ1v) is 6.20. The number of nitrogens with one attached hydrogen (secondary N) is 1. The highest BCUT2D eigenvalue weighted by Gasteiger charge is 2.30. The molecule has 0 radical (unpaired) electrons. The van der Waals surface area contributed by atoms with Crippen molar-refractivity contribution < 1.29 is 22.5 Å². The van der Waals surface area contributed by atoms with Gasteiger partial charge < -0.3 is 4.90 Å². The van der Waals surface area contributed by atoms with Gasteiger partial charge in [0.1, 0.15) is 0 Å². The highest BCUT2D eigenvalue weighted by molar-refractivity contribution is 5.78. The summed E-state index contributed by atoms with van der Waals surface area (Å²) >= 11 is 0. The Morgan fingerprint density at radius 2 is 2.14 bits per heavy atom. The van der Waals surface area contributed by atoms with E-state index in [2.05, 4.69) is 14.7 Å². The van der Waals surface area contributed by atoms with Gasteiger partial charge in [0, 0.05) is 7.05 Å². The molecule has 1 aromatic carbocycles. The number of hydrogen-bond donors (Lipinski definition) is 1. The number of likely N-dealkylation sites (N-methyl/N-ethyl adjacent to an activating group) is 1. The van der Waals surface area contributed by atoms with Gasteiger partial charge in [0.25, 0.3) is 0 Å². The number of H-pyrrole nitrogens is 1. The van der Waals surface area contributed by atoms with Gasteiger partial charge in [-0.15, -0.1) is 0 Å². The first-order valence-electron chi connectivity index (χ1n) is 6.20. The summed E-state index contributed by atoms with van der Waals surface area (Å²) in [6.45, 7) is -0.0104. The van der Waals surface area contributed by atoms with Crippen LogP contribution in [0.3, 0.4) is 0 Å². The van der Waals surface area contributed by atoms with E-state index in [1.54, 1.807) is 0 Å². The minimum Gasteiger partial charge on any atom is -0.338 e. The summed E-state index contributed by atoms with van der Waals surface area (Å²) in [4.78, 5) is 26.3. The number of alkyl halides is 3. The number of carbonyl (C=O) groups is 1. The maximum absolute atomic E-state index is 12.6. The molecule has 0 aliphatic rings. The topological polar surface area (TPSA) is 79.2 Å². The number of benzene rings is 1. The third kappa shape index (κ3) is 3.96. The zero-order valence-corrected chi connectivity index (χ0v) is 11.5. The molecular formula is C13H12F3N3O3. The van der Waals surface area contributed by atoms with E-state index in [-0.39, 0.29) is 24.4 Å². The number of rotatable bonds is 4. The number of nitrogens with zero attached hydrogens (tertiary/aromatic N) is 2. The fourth-order valence-corrected chi connectivity index (χ4v) is 1.81. The first kappa shape index (κ1) is 15.8. The molecule has 1 aromatic heterocycles. The van der Waals surface area contributed by atoms with Gasteiger partial charge >= 0.3 is 11.9 Å². The molecule has 0 aliphatic heterocycles. The monoisotopic (exact) mass is 315 g/mol. The molecule has 0 aliphatic carbocycles. The van der Waals surface area contributed by atoms with Crippen LogP contribution < -0.4 is 5.76 Å². The lowest BCUT2D eigenvalue weighted by molar-refractivity contribution is -0.138. The van der Waals surface area contributed by atoms with Crippen molar-refractivity contribution in [3.05, 3.63) is 51.8 Å². The molecule has 22 heavy (non-hydrogen) atoms. The van der Waals surface area contributed by atoms with E-state index >= 15 is 0 Å². The molecule has 0 saturated heterocycles. The van der Waals surface area contributed by atoms with Crippen LogP contribution in [0.4, 0.5) is 13.2 Å². The van der Waals surface area contributed by atoms with Gasteiger partial charge in [0.15, 0.2) is 5.82 Å². The average Bonchev–Trinajstić information content (AvgIpc) is 2.83. The quantitative estimate of drug-likeness (QED) is 0.929. The second-order valence-corrected chi connectivity index (χ2v) is 4.67. The molecule has 2 aromatic rings. The van der Waals surface area contributed by atoms with E-state index in [4.69, 9.17) is 0 Å². The van der Waals surface area contributed by atoms with Gasteiger partial charge in [-0.2, -0.15) is 13.2 Å². The van der Waals surface area contributed by atoms with Crippen LogP contribution >= 0.6 is 0 Å². The van der Waals surface area contributed by atoms with Crippen molar-refractivity contribution >= 4 is 5.91 Å². The highest BCUT2D eigenvalue weighted by Crippen LogP contribution is 2.29. The largest absolute Gasteiger partial charge is 0.438 e. The van der Waals surface area contributed by atoms with Crippen molar-refractivity contribution in [2.24, 2.45) is 0 Å². The van der Waals surface area contributed by atoms with E-state index in [0.717, 1.165) is 12.1 Å². The van der Waals surface area contributed by atoms with Crippen LogP contribution in [0.15, 0.2) is 33.6 Å². The molecule has 0 spiro atoms. The summed E-state index contributed by atoms with van der Waals surface area (Å²) in [6.07, 6.45) is -4.65. The fourth-order valence-electron chi connectivity index (χ4n) is 1.81. The van der Waals surface area contributed by atoms with Gasteiger partial charge in [0.05, 0.1) is 18.5 Å². The molecule has 1 amide bonds. The molecule has 0 unspecified atom stereocenters. The Morgan fingerprint density at radius 3 is 2.73 bits per heavy atom. The Hall–Kier alpha value is -2.58. The van der Waals surface area contributed by atoms with Crippen LogP contribution in [0, 0.1) is 0 Å². The minimum atomic E-state index is -4.45. The molecule has 6 nitrogen and oxygen atoms in total. The predicted octanol–water partition coefficient (Wildman–Crippen LogP) is 1.58. The number of aromatic amines is 1. The lowest BCUT2D eigenvalue weighted by atomic mass is 10.1. The molecule has 0 fully saturated rings. The molecule has 1 heterocycles. The zero-order chi connectivity index (χ0) is 16.3. The van der Waals surface area contributed by atoms with Gasteiger partial charge in [0.2, 0.25) is 5.91 Å². The molecule has 118 valence electrons. The van der Waals surface area contributed by atoms with Crippen molar-refractivity contribution in [2.75, 3.05) is 7.05 Å². The molecule has 0 bridgehead atoms. The van der Waals surface area contributed by atoms with E-state index in [0.29, 0.717) is 0 Å². The van der Waals surface area contributed by atoms with Crippen LogP contribution in [-0.2, 0) is 23.9 Å². The SMILES string of the molecule is CN(Cc1noc(=O)[nH]1)C(=O)Cc1cccc(C(F)(F)F)c1. The smallest absolute Gasteiger partial charge is 0.338 e. The third-order valence-corrected chi connectivity index (χ3v) is 2.91. The van der Waals surface area contributed by atoms with Crippen LogP contribution in [0.1, 0.15) is 17.0 Å². The van der Waals surface area contributed by atoms with E-state index in [1.165, 1.54) is 24.1 Å². The Kier molecular flexibility index (Phi) is 4.34. The van der Waals surface area contributed by atoms with Gasteiger partial charge in [-0.1, -0.05) is 23.4 Å². The van der Waals surface area contributed by atoms with Crippen molar-refractivity contribution in [2.45, 2.75) is 19.1 Å². The molecule has 1 N–H and O–H groups in total. The lowest BCUT2D eigenvalue weighted by Gasteiger charge is -2.15. The van der Waals surface area contributed by atoms with E-state index < -0.39 is 23.4 Å². The summed E-state index contributed by atoms with van der Waals surface area (Å²) in [5.74, 6) is -0.998. The maximum Gasteiger partial charge on any atom is 0.438 e. The zero-order valence-electron chi connectivity index (χ0n) is 11.5. The van der Waals surface area contributed by atoms with Crippen LogP contribution in [0.2, 0.25) is 0 Å². The Balaban J connectivity index is 2.03. The molecule has 9 heteroatoms. The minimum absolute atomic E-state index is 0.0104. The number of carbonyl (C=O) groups excluding carboxylic acids is 1. The Bertz CT molecular complexity index is 721. The molecule has 0 atom stereocenters. The van der Waals surface area contributed by atoms with Crippen LogP contribution in [0.5, 0.6) is 0 Å². The van der Waals surface area contributed by atoms with Crippen molar-refractivity contribution in [1.29, 1.82) is 0 Å². The molecular weight excluding hydrogens is 303 g/mol. The second-order valence-electron chi connectivity index (χ2n) is 4.67. The second kappa shape index (κ2) is 6.04. The predicted molar refractivity (Wildman–Crippen MR) is 68.7 cm³/mol. The summed E-state index contributed by atoms with van der Waals surface area (Å²) in [7, 11) is 1.45. The van der Waals surface area contributed by atoms with Crippen molar-refractivity contribution in [3.8, 4) is 0 Å². The number of halogens is 3. The van der Waals surface area contributed by atoms with Crippen LogP contribution in [0.25, 0.3) is 0 Å². The van der Waals surface area contributed by atoms with Crippen molar-refractivity contribution in [3.63, 3.8) is 0 Å². The highest BCUT2D eigenvalue weighted by atomic mass is 19.4. The third-order valence-electron chi connectivity index (χ3n) is 2.91. The molecule has 0 saturated carbocycles. The number of amides is 1. The van der Waals surface area contributed by atoms with Gasteiger partial charge in [-0.3, -0.25) is 14.3 Å². The fraction of sp³-hybridized carbons (Fsp3) is 0.308. The normalized spacial score (nSPS) is 11.5. The summed E-state index contributed by atoms with van der Waals surface area (Å²) in [5.41, 5.74) is -0.554. The Labute approximate surface area is 122 Å². The summed E-state index contributed by atoms with van der Waals surface area (Å²) in [6, 6.07) is 4.57. The van der Waals surface area contributed by atoms with Gasteiger partial charge in [-0.05, 0) is 11.6 Å². The standard InChI is InChI=1S/C13H12F3N3O3/c1-19(7-10-17-12(21)22-18-10)11(20)6-8-3-2-4-9(5-8)13(14,15)16/h2-5H,6-7H2,1H3,(H,17,18,21). The van der Waals surface area contributed by atoms with E-state index in [9.17, 15) is 22.8 Å².